The Balaban J connectivity index is 0.000000307. The largest absolute Gasteiger partial charge is 0.471 e. The summed E-state index contributed by atoms with van der Waals surface area (Å²) in [5.41, 5.74) is 6.70. The van der Waals surface area contributed by atoms with Crippen LogP contribution in [0.5, 0.6) is 0 Å². The van der Waals surface area contributed by atoms with Gasteiger partial charge in [-0.3, -0.25) is 9.48 Å². The minimum absolute atomic E-state index is 0.388. The zero-order valence-corrected chi connectivity index (χ0v) is 14.1. The van der Waals surface area contributed by atoms with E-state index in [0.29, 0.717) is 6.10 Å². The first-order valence-corrected chi connectivity index (χ1v) is 7.54. The van der Waals surface area contributed by atoms with E-state index < -0.39 is 12.1 Å². The first kappa shape index (κ1) is 20.1. The number of anilines is 2. The molecule has 0 spiro atoms. The highest BCUT2D eigenvalue weighted by Crippen LogP contribution is 2.25. The second kappa shape index (κ2) is 8.76. The molecule has 2 heterocycles. The third-order valence-corrected chi connectivity index (χ3v) is 3.73. The number of nitrogens with two attached hydrogens (primary N) is 1. The van der Waals surface area contributed by atoms with Crippen molar-refractivity contribution in [1.82, 2.24) is 15.1 Å². The van der Waals surface area contributed by atoms with Crippen LogP contribution in [0.4, 0.5) is 24.7 Å². The van der Waals surface area contributed by atoms with Crippen LogP contribution in [0, 0.1) is 0 Å². The quantitative estimate of drug-likeness (QED) is 0.839. The van der Waals surface area contributed by atoms with Crippen molar-refractivity contribution in [2.75, 3.05) is 37.9 Å². The van der Waals surface area contributed by atoms with E-state index in [2.05, 4.69) is 10.00 Å². The fraction of sp³-hybridized carbons (Fsp3) is 0.714. The summed E-state index contributed by atoms with van der Waals surface area (Å²) in [6.07, 6.45) is 0.692. The van der Waals surface area contributed by atoms with Gasteiger partial charge in [-0.25, -0.2) is 0 Å². The number of aromatic nitrogens is 2. The van der Waals surface area contributed by atoms with E-state index in [-0.39, 0.29) is 0 Å². The predicted molar refractivity (Wildman–Crippen MR) is 84.6 cm³/mol. The molecule has 0 bridgehead atoms. The average molecular weight is 351 g/mol. The Morgan fingerprint density at radius 2 is 2.08 bits per heavy atom. The molecule has 0 radical (unpaired) electrons. The molecule has 1 atom stereocenters. The second-order valence-electron chi connectivity index (χ2n) is 5.40. The summed E-state index contributed by atoms with van der Waals surface area (Å²) in [6.45, 7) is 2.02. The van der Waals surface area contributed by atoms with Gasteiger partial charge in [0, 0.05) is 34.3 Å². The van der Waals surface area contributed by atoms with Gasteiger partial charge in [-0.15, -0.1) is 0 Å². The molecular weight excluding hydrogens is 327 g/mol. The lowest BCUT2D eigenvalue weighted by Crippen LogP contribution is -2.33. The first-order chi connectivity index (χ1) is 11.2. The fourth-order valence-corrected chi connectivity index (χ4v) is 2.49. The molecule has 1 fully saturated rings. The zero-order valence-electron chi connectivity index (χ0n) is 14.1. The summed E-state index contributed by atoms with van der Waals surface area (Å²) in [6, 6.07) is 0. The molecular formula is C14H24F3N5O2. The van der Waals surface area contributed by atoms with E-state index in [1.807, 2.05) is 11.7 Å². The number of hydrogen-bond donors (Lipinski definition) is 2. The Morgan fingerprint density at radius 3 is 2.50 bits per heavy atom. The van der Waals surface area contributed by atoms with Crippen molar-refractivity contribution in [3.8, 4) is 0 Å². The number of aryl methyl sites for hydroxylation is 1. The predicted octanol–water partition coefficient (Wildman–Crippen LogP) is 1.30. The standard InChI is InChI=1S/C11H20N4O.C3H4F3NO/c1-14-11(10(12)8-13-14)15-6-3-4-9(16-2)5-7-15;1-7-2(8)3(4,5)6/h8-9H,3-7,12H2,1-2H3;1H3,(H,7,8). The lowest BCUT2D eigenvalue weighted by Gasteiger charge is -2.23. The molecule has 2 rings (SSSR count). The number of carbonyl (C=O) groups excluding carboxylic acids is 1. The zero-order chi connectivity index (χ0) is 18.3. The van der Waals surface area contributed by atoms with E-state index in [1.165, 1.54) is 5.32 Å². The van der Waals surface area contributed by atoms with E-state index in [4.69, 9.17) is 10.5 Å². The Morgan fingerprint density at radius 1 is 1.42 bits per heavy atom. The number of nitrogen functional groups attached to an aromatic ring is 1. The fourth-order valence-electron chi connectivity index (χ4n) is 2.49. The number of alkyl halides is 3. The Hall–Kier alpha value is -1.97. The molecule has 1 saturated heterocycles. The maximum Gasteiger partial charge on any atom is 0.471 e. The number of nitrogens with one attached hydrogen (secondary N) is 1. The van der Waals surface area contributed by atoms with Crippen LogP contribution in [0.1, 0.15) is 19.3 Å². The Kier molecular flexibility index (Phi) is 7.33. The Bertz CT molecular complexity index is 513. The van der Waals surface area contributed by atoms with Crippen molar-refractivity contribution in [2.24, 2.45) is 7.05 Å². The van der Waals surface area contributed by atoms with Crippen LogP contribution in [0.15, 0.2) is 6.20 Å². The Labute approximate surface area is 138 Å². The molecule has 24 heavy (non-hydrogen) atoms. The number of ether oxygens (including phenoxy) is 1. The van der Waals surface area contributed by atoms with Crippen molar-refractivity contribution in [3.63, 3.8) is 0 Å². The smallest absolute Gasteiger partial charge is 0.394 e. The molecule has 1 amide bonds. The number of halogens is 3. The van der Waals surface area contributed by atoms with Gasteiger partial charge in [0.1, 0.15) is 5.82 Å². The highest BCUT2D eigenvalue weighted by Gasteiger charge is 2.37. The topological polar surface area (TPSA) is 85.4 Å². The lowest BCUT2D eigenvalue weighted by molar-refractivity contribution is -0.172. The molecule has 10 heteroatoms. The van der Waals surface area contributed by atoms with Crippen molar-refractivity contribution < 1.29 is 22.7 Å². The molecule has 1 aromatic heterocycles. The number of hydrogen-bond acceptors (Lipinski definition) is 5. The van der Waals surface area contributed by atoms with Gasteiger partial charge in [-0.2, -0.15) is 18.3 Å². The number of carbonyl (C=O) groups is 1. The van der Waals surface area contributed by atoms with Crippen LogP contribution < -0.4 is 16.0 Å². The summed E-state index contributed by atoms with van der Waals surface area (Å²) in [5.74, 6) is -0.880. The number of methoxy groups -OCH3 is 1. The third kappa shape index (κ3) is 5.59. The van der Waals surface area contributed by atoms with Crippen molar-refractivity contribution in [1.29, 1.82) is 0 Å². The minimum Gasteiger partial charge on any atom is -0.394 e. The lowest BCUT2D eigenvalue weighted by atomic mass is 10.2. The van der Waals surface area contributed by atoms with Gasteiger partial charge in [-0.05, 0) is 19.3 Å². The van der Waals surface area contributed by atoms with Crippen LogP contribution in [-0.2, 0) is 16.6 Å². The van der Waals surface area contributed by atoms with Gasteiger partial charge in [0.2, 0.25) is 0 Å². The first-order valence-electron chi connectivity index (χ1n) is 7.54. The normalized spacial score (nSPS) is 18.4. The molecule has 0 aliphatic carbocycles. The monoisotopic (exact) mass is 351 g/mol. The van der Waals surface area contributed by atoms with Gasteiger partial charge in [0.05, 0.1) is 18.0 Å². The summed E-state index contributed by atoms with van der Waals surface area (Å²) in [7, 11) is 4.65. The molecule has 0 saturated carbocycles. The van der Waals surface area contributed by atoms with Crippen LogP contribution in [0.2, 0.25) is 0 Å². The van der Waals surface area contributed by atoms with Crippen molar-refractivity contribution >= 4 is 17.4 Å². The van der Waals surface area contributed by atoms with E-state index in [9.17, 15) is 18.0 Å². The maximum absolute atomic E-state index is 11.0. The van der Waals surface area contributed by atoms with Crippen LogP contribution >= 0.6 is 0 Å². The minimum atomic E-state index is -4.74. The van der Waals surface area contributed by atoms with Gasteiger partial charge in [0.15, 0.2) is 0 Å². The number of amides is 1. The summed E-state index contributed by atoms with van der Waals surface area (Å²) in [5, 5.41) is 5.62. The SMILES string of the molecule is CNC(=O)C(F)(F)F.COC1CCCN(c2c(N)cnn2C)CC1. The molecule has 138 valence electrons. The maximum atomic E-state index is 11.0. The van der Waals surface area contributed by atoms with Crippen LogP contribution in [-0.4, -0.2) is 55.2 Å². The van der Waals surface area contributed by atoms with Gasteiger partial charge < -0.3 is 20.7 Å². The summed E-state index contributed by atoms with van der Waals surface area (Å²) >= 11 is 0. The molecule has 0 aromatic carbocycles. The highest BCUT2D eigenvalue weighted by atomic mass is 19.4. The average Bonchev–Trinajstić information content (AvgIpc) is 2.74. The third-order valence-electron chi connectivity index (χ3n) is 3.73. The van der Waals surface area contributed by atoms with Crippen molar-refractivity contribution in [3.05, 3.63) is 6.20 Å². The summed E-state index contributed by atoms with van der Waals surface area (Å²) < 4.78 is 40.4. The van der Waals surface area contributed by atoms with E-state index in [1.54, 1.807) is 13.3 Å². The highest BCUT2D eigenvalue weighted by molar-refractivity contribution is 5.81. The van der Waals surface area contributed by atoms with Gasteiger partial charge >= 0.3 is 12.1 Å². The number of nitrogens with zero attached hydrogens (tertiary/aromatic N) is 3. The second-order valence-corrected chi connectivity index (χ2v) is 5.40. The molecule has 1 aliphatic rings. The van der Waals surface area contributed by atoms with E-state index in [0.717, 1.165) is 50.9 Å². The molecule has 3 N–H and O–H groups in total. The van der Waals surface area contributed by atoms with Crippen LogP contribution in [0.25, 0.3) is 0 Å². The molecule has 1 aromatic rings. The molecule has 1 unspecified atom stereocenters. The molecule has 7 nitrogen and oxygen atoms in total. The number of rotatable bonds is 2. The molecule has 1 aliphatic heterocycles. The van der Waals surface area contributed by atoms with Gasteiger partial charge in [0.25, 0.3) is 0 Å². The van der Waals surface area contributed by atoms with E-state index >= 15 is 0 Å². The van der Waals surface area contributed by atoms with Crippen molar-refractivity contribution in [2.45, 2.75) is 31.5 Å². The van der Waals surface area contributed by atoms with Gasteiger partial charge in [-0.1, -0.05) is 0 Å². The van der Waals surface area contributed by atoms with Crippen LogP contribution in [0.3, 0.4) is 0 Å². The summed E-state index contributed by atoms with van der Waals surface area (Å²) in [4.78, 5) is 11.9.